The standard InChI is InChI=1S/C16H17F2N3O4/c1-3-24-12-5-4-10(17)13(14(12)18)16(23)21-7-9(22)6-11(21)15-19-8(2)20-25-15/h4-5,9,11,22H,3,6-7H2,1-2H3/t9-,11-/m1/s1. The number of hydrogen-bond donors (Lipinski definition) is 1. The molecule has 1 aromatic heterocycles. The molecule has 2 heterocycles. The Morgan fingerprint density at radius 2 is 2.24 bits per heavy atom. The van der Waals surface area contributed by atoms with Gasteiger partial charge in [0.15, 0.2) is 17.4 Å². The van der Waals surface area contributed by atoms with E-state index in [9.17, 15) is 18.7 Å². The largest absolute Gasteiger partial charge is 0.491 e. The van der Waals surface area contributed by atoms with Crippen molar-refractivity contribution in [1.82, 2.24) is 15.0 Å². The lowest BCUT2D eigenvalue weighted by atomic mass is 10.1. The van der Waals surface area contributed by atoms with Crippen LogP contribution in [-0.4, -0.2) is 45.3 Å². The van der Waals surface area contributed by atoms with Gasteiger partial charge in [-0.2, -0.15) is 4.98 Å². The minimum absolute atomic E-state index is 0.0946. The first-order chi connectivity index (χ1) is 11.9. The van der Waals surface area contributed by atoms with Gasteiger partial charge < -0.3 is 19.3 Å². The Labute approximate surface area is 142 Å². The summed E-state index contributed by atoms with van der Waals surface area (Å²) in [6.45, 7) is 3.33. The first kappa shape index (κ1) is 17.3. The van der Waals surface area contributed by atoms with Crippen LogP contribution in [0.5, 0.6) is 5.75 Å². The zero-order valence-electron chi connectivity index (χ0n) is 13.7. The Morgan fingerprint density at radius 3 is 2.88 bits per heavy atom. The summed E-state index contributed by atoms with van der Waals surface area (Å²) in [5.41, 5.74) is -0.735. The average Bonchev–Trinajstić information content (AvgIpc) is 3.16. The molecule has 9 heteroatoms. The lowest BCUT2D eigenvalue weighted by Crippen LogP contribution is -2.33. The van der Waals surface area contributed by atoms with E-state index >= 15 is 0 Å². The third-order valence-corrected chi connectivity index (χ3v) is 3.94. The van der Waals surface area contributed by atoms with Gasteiger partial charge in [0.1, 0.15) is 17.4 Å². The molecule has 0 radical (unpaired) electrons. The monoisotopic (exact) mass is 353 g/mol. The molecule has 1 aliphatic heterocycles. The molecule has 1 amide bonds. The van der Waals surface area contributed by atoms with Crippen LogP contribution >= 0.6 is 0 Å². The highest BCUT2D eigenvalue weighted by atomic mass is 19.1. The topological polar surface area (TPSA) is 88.7 Å². The Morgan fingerprint density at radius 1 is 1.48 bits per heavy atom. The van der Waals surface area contributed by atoms with E-state index in [0.717, 1.165) is 17.0 Å². The van der Waals surface area contributed by atoms with Crippen LogP contribution in [0.2, 0.25) is 0 Å². The number of benzene rings is 1. The fraction of sp³-hybridized carbons (Fsp3) is 0.438. The maximum atomic E-state index is 14.5. The van der Waals surface area contributed by atoms with Crippen molar-refractivity contribution >= 4 is 5.91 Å². The van der Waals surface area contributed by atoms with Crippen LogP contribution in [0.25, 0.3) is 0 Å². The van der Waals surface area contributed by atoms with E-state index in [1.807, 2.05) is 0 Å². The van der Waals surface area contributed by atoms with Gasteiger partial charge in [-0.25, -0.2) is 8.78 Å². The molecule has 2 atom stereocenters. The molecule has 134 valence electrons. The van der Waals surface area contributed by atoms with E-state index in [1.165, 1.54) is 0 Å². The summed E-state index contributed by atoms with van der Waals surface area (Å²) in [5.74, 6) is -2.73. The van der Waals surface area contributed by atoms with E-state index in [2.05, 4.69) is 10.1 Å². The van der Waals surface area contributed by atoms with E-state index in [0.29, 0.717) is 5.82 Å². The number of hydrogen-bond acceptors (Lipinski definition) is 6. The highest BCUT2D eigenvalue weighted by Gasteiger charge is 2.40. The van der Waals surface area contributed by atoms with Crippen LogP contribution < -0.4 is 4.74 Å². The van der Waals surface area contributed by atoms with Crippen LogP contribution in [0.3, 0.4) is 0 Å². The highest BCUT2D eigenvalue weighted by Crippen LogP contribution is 2.34. The van der Waals surface area contributed by atoms with E-state index in [4.69, 9.17) is 9.26 Å². The summed E-state index contributed by atoms with van der Waals surface area (Å²) in [6.07, 6.45) is -0.718. The molecule has 0 spiro atoms. The third kappa shape index (κ3) is 3.19. The van der Waals surface area contributed by atoms with Gasteiger partial charge in [0.05, 0.1) is 12.7 Å². The number of ether oxygens (including phenoxy) is 1. The minimum Gasteiger partial charge on any atom is -0.491 e. The number of halogens is 2. The van der Waals surface area contributed by atoms with Crippen molar-refractivity contribution in [1.29, 1.82) is 0 Å². The van der Waals surface area contributed by atoms with Gasteiger partial charge in [0.25, 0.3) is 5.91 Å². The summed E-state index contributed by atoms with van der Waals surface area (Å²) in [5, 5.41) is 13.6. The summed E-state index contributed by atoms with van der Waals surface area (Å²) in [7, 11) is 0. The number of β-amino-alcohol motifs (C(OH)–C–C–N with tert-alkyl or cyclic N) is 1. The fourth-order valence-electron chi connectivity index (χ4n) is 2.86. The number of aromatic nitrogens is 2. The number of carbonyl (C=O) groups is 1. The van der Waals surface area contributed by atoms with Gasteiger partial charge in [0.2, 0.25) is 5.89 Å². The molecule has 25 heavy (non-hydrogen) atoms. The second kappa shape index (κ2) is 6.75. The number of rotatable bonds is 4. The molecular formula is C16H17F2N3O4. The summed E-state index contributed by atoms with van der Waals surface area (Å²) >= 11 is 0. The van der Waals surface area contributed by atoms with E-state index < -0.39 is 35.3 Å². The zero-order valence-corrected chi connectivity index (χ0v) is 13.7. The maximum Gasteiger partial charge on any atom is 0.260 e. The van der Waals surface area contributed by atoms with Crippen LogP contribution in [-0.2, 0) is 0 Å². The summed E-state index contributed by atoms with van der Waals surface area (Å²) < 4.78 is 38.8. The van der Waals surface area contributed by atoms with Gasteiger partial charge >= 0.3 is 0 Å². The Bertz CT molecular complexity index is 796. The first-order valence-corrected chi connectivity index (χ1v) is 7.82. The van der Waals surface area contributed by atoms with Crippen molar-refractivity contribution in [2.24, 2.45) is 0 Å². The Kier molecular flexibility index (Phi) is 4.67. The quantitative estimate of drug-likeness (QED) is 0.904. The molecule has 0 saturated carbocycles. The molecule has 1 aliphatic rings. The highest BCUT2D eigenvalue weighted by molar-refractivity contribution is 5.95. The fourth-order valence-corrected chi connectivity index (χ4v) is 2.86. The lowest BCUT2D eigenvalue weighted by Gasteiger charge is -2.22. The lowest BCUT2D eigenvalue weighted by molar-refractivity contribution is 0.0682. The van der Waals surface area contributed by atoms with Crippen molar-refractivity contribution in [2.75, 3.05) is 13.2 Å². The number of nitrogens with zero attached hydrogens (tertiary/aromatic N) is 3. The predicted molar refractivity (Wildman–Crippen MR) is 81.0 cm³/mol. The number of aliphatic hydroxyl groups excluding tert-OH is 1. The number of aliphatic hydroxyl groups is 1. The molecule has 1 N–H and O–H groups in total. The molecule has 1 fully saturated rings. The second-order valence-corrected chi connectivity index (χ2v) is 5.71. The maximum absolute atomic E-state index is 14.5. The summed E-state index contributed by atoms with van der Waals surface area (Å²) in [6, 6.07) is 1.35. The van der Waals surface area contributed by atoms with Gasteiger partial charge in [-0.05, 0) is 26.0 Å². The number of carbonyl (C=O) groups excluding carboxylic acids is 1. The number of amides is 1. The molecular weight excluding hydrogens is 336 g/mol. The van der Waals surface area contributed by atoms with Gasteiger partial charge in [0, 0.05) is 13.0 Å². The minimum atomic E-state index is -1.08. The second-order valence-electron chi connectivity index (χ2n) is 5.71. The number of aryl methyl sites for hydroxylation is 1. The van der Waals surface area contributed by atoms with Gasteiger partial charge in [-0.1, -0.05) is 5.16 Å². The van der Waals surface area contributed by atoms with Crippen LogP contribution in [0.4, 0.5) is 8.78 Å². The van der Waals surface area contributed by atoms with E-state index in [1.54, 1.807) is 13.8 Å². The molecule has 2 aromatic rings. The average molecular weight is 353 g/mol. The summed E-state index contributed by atoms with van der Waals surface area (Å²) in [4.78, 5) is 18.0. The normalized spacial score (nSPS) is 20.1. The molecule has 1 saturated heterocycles. The van der Waals surface area contributed by atoms with Crippen molar-refractivity contribution in [3.63, 3.8) is 0 Å². The van der Waals surface area contributed by atoms with Crippen molar-refractivity contribution in [3.05, 3.63) is 41.0 Å². The van der Waals surface area contributed by atoms with Crippen molar-refractivity contribution in [3.8, 4) is 5.75 Å². The molecule has 7 nitrogen and oxygen atoms in total. The number of likely N-dealkylation sites (tertiary alicyclic amines) is 1. The van der Waals surface area contributed by atoms with Crippen LogP contribution in [0, 0.1) is 18.6 Å². The molecule has 0 aliphatic carbocycles. The van der Waals surface area contributed by atoms with Crippen molar-refractivity contribution in [2.45, 2.75) is 32.4 Å². The molecule has 0 unspecified atom stereocenters. The van der Waals surface area contributed by atoms with E-state index in [-0.39, 0.29) is 31.2 Å². The van der Waals surface area contributed by atoms with Crippen molar-refractivity contribution < 1.29 is 27.9 Å². The predicted octanol–water partition coefficient (Wildman–Crippen LogP) is 2.00. The molecule has 1 aromatic carbocycles. The zero-order chi connectivity index (χ0) is 18.1. The molecule has 0 bridgehead atoms. The van der Waals surface area contributed by atoms with Crippen LogP contribution in [0.1, 0.15) is 41.5 Å². The van der Waals surface area contributed by atoms with Gasteiger partial charge in [-0.15, -0.1) is 0 Å². The third-order valence-electron chi connectivity index (χ3n) is 3.94. The van der Waals surface area contributed by atoms with Gasteiger partial charge in [-0.3, -0.25) is 4.79 Å². The van der Waals surface area contributed by atoms with Crippen LogP contribution in [0.15, 0.2) is 16.7 Å². The molecule has 3 rings (SSSR count). The smallest absolute Gasteiger partial charge is 0.260 e. The SMILES string of the molecule is CCOc1ccc(F)c(C(=O)N2C[C@H](O)C[C@@H]2c2nc(C)no2)c1F. The Balaban J connectivity index is 1.98. The Hall–Kier alpha value is -2.55. The first-order valence-electron chi connectivity index (χ1n) is 7.82.